The van der Waals surface area contributed by atoms with Crippen molar-refractivity contribution >= 4 is 0 Å². The number of rotatable bonds is 2. The van der Waals surface area contributed by atoms with Gasteiger partial charge in [0.1, 0.15) is 11.6 Å². The van der Waals surface area contributed by atoms with Gasteiger partial charge in [0.25, 0.3) is 0 Å². The van der Waals surface area contributed by atoms with E-state index in [2.05, 4.69) is 15.0 Å². The second kappa shape index (κ2) is 4.32. The minimum atomic E-state index is -0.386. The van der Waals surface area contributed by atoms with Gasteiger partial charge in [-0.3, -0.25) is 4.98 Å². The highest BCUT2D eigenvalue weighted by Crippen LogP contribution is 2.17. The number of aryl methyl sites for hydroxylation is 1. The van der Waals surface area contributed by atoms with Crippen molar-refractivity contribution in [1.82, 2.24) is 15.0 Å². The lowest BCUT2D eigenvalue weighted by Crippen LogP contribution is -2.03. The minimum absolute atomic E-state index is 0.332. The Labute approximate surface area is 92.4 Å². The highest BCUT2D eigenvalue weighted by molar-refractivity contribution is 5.58. The molecule has 0 atom stereocenters. The number of halogens is 1. The molecule has 2 aromatic rings. The van der Waals surface area contributed by atoms with Crippen molar-refractivity contribution in [3.05, 3.63) is 41.9 Å². The van der Waals surface area contributed by atoms with E-state index in [1.807, 2.05) is 0 Å². The van der Waals surface area contributed by atoms with Crippen LogP contribution < -0.4 is 5.73 Å². The van der Waals surface area contributed by atoms with E-state index in [0.717, 1.165) is 11.9 Å². The summed E-state index contributed by atoms with van der Waals surface area (Å²) in [5.74, 6) is 0.227. The summed E-state index contributed by atoms with van der Waals surface area (Å²) in [6.45, 7) is 2.11. The summed E-state index contributed by atoms with van der Waals surface area (Å²) >= 11 is 0. The number of nitrogens with two attached hydrogens (primary N) is 1. The predicted octanol–water partition coefficient (Wildman–Crippen LogP) is 1.44. The van der Waals surface area contributed by atoms with Crippen molar-refractivity contribution < 1.29 is 4.39 Å². The number of aromatic nitrogens is 3. The molecule has 0 unspecified atom stereocenters. The molecule has 0 saturated heterocycles. The van der Waals surface area contributed by atoms with Crippen LogP contribution in [0.2, 0.25) is 0 Å². The molecule has 0 saturated carbocycles. The first-order valence-electron chi connectivity index (χ1n) is 4.84. The fourth-order valence-electron chi connectivity index (χ4n) is 1.43. The molecule has 2 rings (SSSR count). The van der Waals surface area contributed by atoms with E-state index in [4.69, 9.17) is 5.73 Å². The van der Waals surface area contributed by atoms with Crippen LogP contribution in [0.3, 0.4) is 0 Å². The van der Waals surface area contributed by atoms with E-state index >= 15 is 0 Å². The first-order valence-corrected chi connectivity index (χ1v) is 4.84. The maximum atomic E-state index is 13.0. The fourth-order valence-corrected chi connectivity index (χ4v) is 1.43. The third kappa shape index (κ3) is 2.20. The minimum Gasteiger partial charge on any atom is -0.325 e. The van der Waals surface area contributed by atoms with E-state index < -0.39 is 0 Å². The first kappa shape index (κ1) is 10.6. The Bertz CT molecular complexity index is 513. The van der Waals surface area contributed by atoms with E-state index in [1.165, 1.54) is 6.07 Å². The number of hydrogen-bond acceptors (Lipinski definition) is 4. The maximum Gasteiger partial charge on any atom is 0.142 e. The lowest BCUT2D eigenvalue weighted by molar-refractivity contribution is 0.622. The van der Waals surface area contributed by atoms with E-state index in [-0.39, 0.29) is 5.82 Å². The number of hydrogen-bond donors (Lipinski definition) is 1. The van der Waals surface area contributed by atoms with Gasteiger partial charge < -0.3 is 5.73 Å². The lowest BCUT2D eigenvalue weighted by atomic mass is 10.2. The summed E-state index contributed by atoms with van der Waals surface area (Å²) in [4.78, 5) is 12.1. The largest absolute Gasteiger partial charge is 0.325 e. The molecule has 5 heteroatoms. The average molecular weight is 218 g/mol. The van der Waals surface area contributed by atoms with Crippen LogP contribution in [0.4, 0.5) is 4.39 Å². The summed E-state index contributed by atoms with van der Waals surface area (Å²) in [6.07, 6.45) is 2.71. The second-order valence-corrected chi connectivity index (χ2v) is 3.39. The third-order valence-corrected chi connectivity index (χ3v) is 2.10. The van der Waals surface area contributed by atoms with E-state index in [1.54, 1.807) is 19.2 Å². The van der Waals surface area contributed by atoms with E-state index in [0.29, 0.717) is 23.6 Å². The van der Waals surface area contributed by atoms with E-state index in [9.17, 15) is 4.39 Å². The van der Waals surface area contributed by atoms with Crippen LogP contribution in [0.15, 0.2) is 24.5 Å². The molecule has 82 valence electrons. The SMILES string of the molecule is Cc1nc(CN)cc(-c2cncc(F)c2)n1. The molecule has 0 aliphatic rings. The molecule has 0 spiro atoms. The average Bonchev–Trinajstić information content (AvgIpc) is 2.28. The molecule has 2 N–H and O–H groups in total. The molecule has 0 radical (unpaired) electrons. The topological polar surface area (TPSA) is 64.7 Å². The van der Waals surface area contributed by atoms with Crippen LogP contribution >= 0.6 is 0 Å². The van der Waals surface area contributed by atoms with Gasteiger partial charge in [0.2, 0.25) is 0 Å². The Kier molecular flexibility index (Phi) is 2.87. The van der Waals surface area contributed by atoms with Gasteiger partial charge in [0.05, 0.1) is 17.6 Å². The monoisotopic (exact) mass is 218 g/mol. The Hall–Kier alpha value is -1.88. The Morgan fingerprint density at radius 3 is 2.75 bits per heavy atom. The molecular formula is C11H11FN4. The number of pyridine rings is 1. The van der Waals surface area contributed by atoms with Crippen molar-refractivity contribution in [2.45, 2.75) is 13.5 Å². The van der Waals surface area contributed by atoms with Crippen LogP contribution in [-0.2, 0) is 6.54 Å². The van der Waals surface area contributed by atoms with Gasteiger partial charge in [-0.25, -0.2) is 14.4 Å². The van der Waals surface area contributed by atoms with Crippen LogP contribution in [0.5, 0.6) is 0 Å². The highest BCUT2D eigenvalue weighted by Gasteiger charge is 2.04. The molecule has 0 bridgehead atoms. The van der Waals surface area contributed by atoms with Crippen LogP contribution in [0, 0.1) is 12.7 Å². The molecule has 0 aliphatic carbocycles. The zero-order valence-corrected chi connectivity index (χ0v) is 8.81. The molecule has 2 aromatic heterocycles. The second-order valence-electron chi connectivity index (χ2n) is 3.39. The molecule has 0 aromatic carbocycles. The van der Waals surface area contributed by atoms with Gasteiger partial charge in [0.15, 0.2) is 0 Å². The van der Waals surface area contributed by atoms with Gasteiger partial charge in [-0.1, -0.05) is 0 Å². The first-order chi connectivity index (χ1) is 7.69. The predicted molar refractivity (Wildman–Crippen MR) is 57.8 cm³/mol. The zero-order chi connectivity index (χ0) is 11.5. The Balaban J connectivity index is 2.51. The van der Waals surface area contributed by atoms with Crippen molar-refractivity contribution in [3.63, 3.8) is 0 Å². The molecule has 0 fully saturated rings. The van der Waals surface area contributed by atoms with Gasteiger partial charge in [0, 0.05) is 18.3 Å². The van der Waals surface area contributed by atoms with Gasteiger partial charge in [-0.2, -0.15) is 0 Å². The van der Waals surface area contributed by atoms with Gasteiger partial charge >= 0.3 is 0 Å². The molecule has 16 heavy (non-hydrogen) atoms. The summed E-state index contributed by atoms with van der Waals surface area (Å²) in [7, 11) is 0. The highest BCUT2D eigenvalue weighted by atomic mass is 19.1. The summed E-state index contributed by atoms with van der Waals surface area (Å²) in [5, 5.41) is 0. The third-order valence-electron chi connectivity index (χ3n) is 2.10. The Morgan fingerprint density at radius 1 is 1.25 bits per heavy atom. The van der Waals surface area contributed by atoms with Crippen molar-refractivity contribution in [2.75, 3.05) is 0 Å². The van der Waals surface area contributed by atoms with Gasteiger partial charge in [-0.05, 0) is 19.1 Å². The van der Waals surface area contributed by atoms with Crippen molar-refractivity contribution in [2.24, 2.45) is 5.73 Å². The lowest BCUT2D eigenvalue weighted by Gasteiger charge is -2.04. The Morgan fingerprint density at radius 2 is 2.06 bits per heavy atom. The van der Waals surface area contributed by atoms with Gasteiger partial charge in [-0.15, -0.1) is 0 Å². The smallest absolute Gasteiger partial charge is 0.142 e. The summed E-state index contributed by atoms with van der Waals surface area (Å²) in [6, 6.07) is 3.12. The van der Waals surface area contributed by atoms with Crippen LogP contribution in [-0.4, -0.2) is 15.0 Å². The quantitative estimate of drug-likeness (QED) is 0.828. The normalized spacial score (nSPS) is 10.4. The summed E-state index contributed by atoms with van der Waals surface area (Å²) in [5.41, 5.74) is 7.51. The number of nitrogens with zero attached hydrogens (tertiary/aromatic N) is 3. The molecular weight excluding hydrogens is 207 g/mol. The fraction of sp³-hybridized carbons (Fsp3) is 0.182. The maximum absolute atomic E-state index is 13.0. The van der Waals surface area contributed by atoms with Crippen molar-refractivity contribution in [3.8, 4) is 11.3 Å². The molecule has 0 amide bonds. The molecule has 2 heterocycles. The molecule has 0 aliphatic heterocycles. The summed E-state index contributed by atoms with van der Waals surface area (Å²) < 4.78 is 13.0. The van der Waals surface area contributed by atoms with Crippen molar-refractivity contribution in [1.29, 1.82) is 0 Å². The van der Waals surface area contributed by atoms with Crippen LogP contribution in [0.1, 0.15) is 11.5 Å². The zero-order valence-electron chi connectivity index (χ0n) is 8.81. The standard InChI is InChI=1S/C11H11FN4/c1-7-15-10(4-13)3-11(16-7)8-2-9(12)6-14-5-8/h2-3,5-6H,4,13H2,1H3. The molecule has 4 nitrogen and oxygen atoms in total. The van der Waals surface area contributed by atoms with Crippen LogP contribution in [0.25, 0.3) is 11.3 Å².